The molecule has 0 unspecified atom stereocenters. The van der Waals surface area contributed by atoms with Crippen LogP contribution in [0.4, 0.5) is 4.39 Å². The highest BCUT2D eigenvalue weighted by Gasteiger charge is 2.12. The first kappa shape index (κ1) is 14.0. The molecule has 0 fully saturated rings. The summed E-state index contributed by atoms with van der Waals surface area (Å²) in [6.45, 7) is 4.60. The van der Waals surface area contributed by atoms with Gasteiger partial charge in [-0.05, 0) is 73.0 Å². The van der Waals surface area contributed by atoms with Gasteiger partial charge in [0.2, 0.25) is 0 Å². The molecule has 0 atom stereocenters. The van der Waals surface area contributed by atoms with Crippen molar-refractivity contribution >= 4 is 11.6 Å². The molecule has 0 spiro atoms. The molecule has 0 aliphatic rings. The van der Waals surface area contributed by atoms with Crippen molar-refractivity contribution in [1.29, 1.82) is 0 Å². The fraction of sp³-hybridized carbons (Fsp3) is 0.250. The summed E-state index contributed by atoms with van der Waals surface area (Å²) in [5.41, 5.74) is 5.14. The van der Waals surface area contributed by atoms with Gasteiger partial charge in [-0.15, -0.1) is 0 Å². The first-order chi connectivity index (χ1) is 9.02. The van der Waals surface area contributed by atoms with Crippen LogP contribution in [-0.4, -0.2) is 7.05 Å². The van der Waals surface area contributed by atoms with Gasteiger partial charge in [0.15, 0.2) is 0 Å². The van der Waals surface area contributed by atoms with E-state index in [1.807, 2.05) is 39.1 Å². The van der Waals surface area contributed by atoms with Crippen LogP contribution < -0.4 is 5.32 Å². The normalized spacial score (nSPS) is 10.8. The predicted molar refractivity (Wildman–Crippen MR) is 79.1 cm³/mol. The van der Waals surface area contributed by atoms with Gasteiger partial charge in [-0.25, -0.2) is 4.39 Å². The Bertz CT molecular complexity index is 585. The van der Waals surface area contributed by atoms with Gasteiger partial charge in [-0.3, -0.25) is 0 Å². The number of halogens is 2. The first-order valence-electron chi connectivity index (χ1n) is 6.23. The maximum atomic E-state index is 13.4. The van der Waals surface area contributed by atoms with Crippen LogP contribution in [0.2, 0.25) is 5.02 Å². The molecule has 0 saturated heterocycles. The van der Waals surface area contributed by atoms with Gasteiger partial charge < -0.3 is 5.32 Å². The summed E-state index contributed by atoms with van der Waals surface area (Å²) in [4.78, 5) is 0. The number of hydrogen-bond acceptors (Lipinski definition) is 1. The molecular weight excluding hydrogens is 261 g/mol. The Morgan fingerprint density at radius 2 is 1.74 bits per heavy atom. The van der Waals surface area contributed by atoms with E-state index in [0.717, 1.165) is 34.4 Å². The lowest BCUT2D eigenvalue weighted by Crippen LogP contribution is -2.07. The minimum absolute atomic E-state index is 0.198. The molecular formula is C16H17ClFN. The van der Waals surface area contributed by atoms with E-state index in [2.05, 4.69) is 5.32 Å². The Kier molecular flexibility index (Phi) is 4.23. The monoisotopic (exact) mass is 277 g/mol. The van der Waals surface area contributed by atoms with Crippen LogP contribution in [0.25, 0.3) is 11.1 Å². The topological polar surface area (TPSA) is 12.0 Å². The summed E-state index contributed by atoms with van der Waals surface area (Å²) in [7, 11) is 1.91. The fourth-order valence-electron chi connectivity index (χ4n) is 2.46. The maximum Gasteiger partial charge on any atom is 0.123 e. The Labute approximate surface area is 118 Å². The molecule has 1 nitrogen and oxygen atoms in total. The second kappa shape index (κ2) is 5.72. The second-order valence-corrected chi connectivity index (χ2v) is 5.18. The standard InChI is InChI=1S/C16H17ClFN/c1-10-6-14(18)7-11(2)16(10)15-8-13(17)5-4-12(15)9-19-3/h4-8,19H,9H2,1-3H3. The number of rotatable bonds is 3. The Balaban J connectivity index is 2.67. The molecule has 0 aliphatic carbocycles. The molecule has 0 aliphatic heterocycles. The quantitative estimate of drug-likeness (QED) is 0.872. The van der Waals surface area contributed by atoms with E-state index < -0.39 is 0 Å². The smallest absolute Gasteiger partial charge is 0.123 e. The van der Waals surface area contributed by atoms with Crippen molar-refractivity contribution in [2.45, 2.75) is 20.4 Å². The highest BCUT2D eigenvalue weighted by Crippen LogP contribution is 2.32. The summed E-state index contributed by atoms with van der Waals surface area (Å²) in [5, 5.41) is 3.84. The minimum atomic E-state index is -0.198. The Hall–Kier alpha value is -1.38. The molecule has 3 heteroatoms. The van der Waals surface area contributed by atoms with Crippen LogP contribution >= 0.6 is 11.6 Å². The molecule has 1 N–H and O–H groups in total. The van der Waals surface area contributed by atoms with E-state index in [0.29, 0.717) is 5.02 Å². The van der Waals surface area contributed by atoms with Crippen molar-refractivity contribution in [2.75, 3.05) is 7.05 Å². The average molecular weight is 278 g/mol. The highest BCUT2D eigenvalue weighted by molar-refractivity contribution is 6.30. The van der Waals surface area contributed by atoms with Crippen LogP contribution in [0, 0.1) is 19.7 Å². The highest BCUT2D eigenvalue weighted by atomic mass is 35.5. The SMILES string of the molecule is CNCc1ccc(Cl)cc1-c1c(C)cc(F)cc1C. The van der Waals surface area contributed by atoms with E-state index in [-0.39, 0.29) is 5.82 Å². The predicted octanol–water partition coefficient (Wildman–Crippen LogP) is 4.48. The van der Waals surface area contributed by atoms with Crippen molar-refractivity contribution in [2.24, 2.45) is 0 Å². The van der Waals surface area contributed by atoms with E-state index in [1.165, 1.54) is 0 Å². The first-order valence-corrected chi connectivity index (χ1v) is 6.61. The van der Waals surface area contributed by atoms with Gasteiger partial charge in [0, 0.05) is 11.6 Å². The van der Waals surface area contributed by atoms with Crippen LogP contribution in [0.5, 0.6) is 0 Å². The number of hydrogen-bond donors (Lipinski definition) is 1. The van der Waals surface area contributed by atoms with Crippen molar-refractivity contribution in [1.82, 2.24) is 5.32 Å². The van der Waals surface area contributed by atoms with Crippen LogP contribution in [0.3, 0.4) is 0 Å². The van der Waals surface area contributed by atoms with Crippen LogP contribution in [0.1, 0.15) is 16.7 Å². The average Bonchev–Trinajstić information content (AvgIpc) is 2.31. The van der Waals surface area contributed by atoms with E-state index >= 15 is 0 Å². The number of nitrogens with one attached hydrogen (secondary N) is 1. The maximum absolute atomic E-state index is 13.4. The lowest BCUT2D eigenvalue weighted by Gasteiger charge is -2.15. The fourth-order valence-corrected chi connectivity index (χ4v) is 2.63. The van der Waals surface area contributed by atoms with Gasteiger partial charge in [-0.1, -0.05) is 17.7 Å². The molecule has 0 amide bonds. The minimum Gasteiger partial charge on any atom is -0.316 e. The Morgan fingerprint density at radius 1 is 1.11 bits per heavy atom. The molecule has 0 radical (unpaired) electrons. The summed E-state index contributed by atoms with van der Waals surface area (Å²) >= 11 is 6.11. The zero-order valence-corrected chi connectivity index (χ0v) is 12.1. The van der Waals surface area contributed by atoms with Crippen LogP contribution in [0.15, 0.2) is 30.3 Å². The van der Waals surface area contributed by atoms with Gasteiger partial charge in [-0.2, -0.15) is 0 Å². The number of benzene rings is 2. The molecule has 2 aromatic carbocycles. The summed E-state index contributed by atoms with van der Waals surface area (Å²) < 4.78 is 13.4. The summed E-state index contributed by atoms with van der Waals surface area (Å²) in [6, 6.07) is 8.96. The van der Waals surface area contributed by atoms with Crippen molar-refractivity contribution < 1.29 is 4.39 Å². The van der Waals surface area contributed by atoms with Crippen LogP contribution in [-0.2, 0) is 6.54 Å². The zero-order chi connectivity index (χ0) is 14.0. The van der Waals surface area contributed by atoms with E-state index in [4.69, 9.17) is 11.6 Å². The van der Waals surface area contributed by atoms with E-state index in [1.54, 1.807) is 12.1 Å². The van der Waals surface area contributed by atoms with Crippen molar-refractivity contribution in [3.63, 3.8) is 0 Å². The van der Waals surface area contributed by atoms with Gasteiger partial charge in [0.1, 0.15) is 5.82 Å². The molecule has 0 aromatic heterocycles. The molecule has 2 aromatic rings. The molecule has 100 valence electrons. The molecule has 0 heterocycles. The van der Waals surface area contributed by atoms with Crippen molar-refractivity contribution in [3.05, 3.63) is 57.9 Å². The largest absolute Gasteiger partial charge is 0.316 e. The van der Waals surface area contributed by atoms with E-state index in [9.17, 15) is 4.39 Å². The summed E-state index contributed by atoms with van der Waals surface area (Å²) in [6.07, 6.45) is 0. The molecule has 0 saturated carbocycles. The Morgan fingerprint density at radius 3 is 2.32 bits per heavy atom. The lowest BCUT2D eigenvalue weighted by molar-refractivity contribution is 0.625. The lowest BCUT2D eigenvalue weighted by atomic mass is 9.92. The third kappa shape index (κ3) is 2.96. The molecule has 0 bridgehead atoms. The third-order valence-electron chi connectivity index (χ3n) is 3.21. The second-order valence-electron chi connectivity index (χ2n) is 4.75. The number of aryl methyl sites for hydroxylation is 2. The third-order valence-corrected chi connectivity index (χ3v) is 3.44. The molecule has 19 heavy (non-hydrogen) atoms. The van der Waals surface area contributed by atoms with Gasteiger partial charge >= 0.3 is 0 Å². The summed E-state index contributed by atoms with van der Waals surface area (Å²) in [5.74, 6) is -0.198. The van der Waals surface area contributed by atoms with Crippen molar-refractivity contribution in [3.8, 4) is 11.1 Å². The molecule has 2 rings (SSSR count). The van der Waals surface area contributed by atoms with Gasteiger partial charge in [0.25, 0.3) is 0 Å². The van der Waals surface area contributed by atoms with Gasteiger partial charge in [0.05, 0.1) is 0 Å². The zero-order valence-electron chi connectivity index (χ0n) is 11.3.